The molecule has 0 fully saturated rings. The summed E-state index contributed by atoms with van der Waals surface area (Å²) in [6.07, 6.45) is -4.57. The number of carbonyl (C=O) groups is 1. The normalized spacial score (nSPS) is 11.6. The van der Waals surface area contributed by atoms with Crippen molar-refractivity contribution < 1.29 is 23.1 Å². The number of nitrogens with zero attached hydrogens (tertiary/aromatic N) is 1. The van der Waals surface area contributed by atoms with Crippen molar-refractivity contribution in [1.82, 2.24) is 4.57 Å². The number of hydrogen-bond acceptors (Lipinski definition) is 1. The minimum atomic E-state index is -4.53. The first-order valence-corrected chi connectivity index (χ1v) is 8.91. The standard InChI is InChI=1S/C20H15BrF3NO2/c21-14-7-5-13(6-8-14)17-11-9-15(10-12-19(26)27)25(17)18-4-2-1-3-16(18)20(22,23)24/h1-9,11H,10,12H2,(H,26,27). The predicted octanol–water partition coefficient (Wildman–Crippen LogP) is 5.94. The monoisotopic (exact) mass is 437 g/mol. The molecule has 0 amide bonds. The van der Waals surface area contributed by atoms with Crippen LogP contribution in [0.25, 0.3) is 16.9 Å². The van der Waals surface area contributed by atoms with Crippen molar-refractivity contribution in [2.45, 2.75) is 19.0 Å². The highest BCUT2D eigenvalue weighted by Gasteiger charge is 2.34. The number of rotatable bonds is 5. The molecule has 1 aromatic heterocycles. The van der Waals surface area contributed by atoms with Gasteiger partial charge in [-0.1, -0.05) is 40.2 Å². The van der Waals surface area contributed by atoms with E-state index in [4.69, 9.17) is 5.11 Å². The van der Waals surface area contributed by atoms with Gasteiger partial charge in [-0.25, -0.2) is 0 Å². The van der Waals surface area contributed by atoms with Gasteiger partial charge in [0.2, 0.25) is 0 Å². The van der Waals surface area contributed by atoms with Crippen molar-refractivity contribution in [1.29, 1.82) is 0 Å². The molecular formula is C20H15BrF3NO2. The quantitative estimate of drug-likeness (QED) is 0.536. The van der Waals surface area contributed by atoms with E-state index in [0.717, 1.165) is 16.1 Å². The molecular weight excluding hydrogens is 423 g/mol. The minimum absolute atomic E-state index is 0.0201. The van der Waals surface area contributed by atoms with Gasteiger partial charge < -0.3 is 9.67 Å². The molecule has 0 atom stereocenters. The molecule has 0 spiro atoms. The topological polar surface area (TPSA) is 42.2 Å². The van der Waals surface area contributed by atoms with Crippen LogP contribution in [0.5, 0.6) is 0 Å². The van der Waals surface area contributed by atoms with Crippen molar-refractivity contribution in [2.75, 3.05) is 0 Å². The fraction of sp³-hybridized carbons (Fsp3) is 0.150. The van der Waals surface area contributed by atoms with Crippen molar-refractivity contribution >= 4 is 21.9 Å². The zero-order valence-corrected chi connectivity index (χ0v) is 15.6. The Bertz CT molecular complexity index is 962. The maximum Gasteiger partial charge on any atom is 0.418 e. The van der Waals surface area contributed by atoms with Crippen molar-refractivity contribution in [2.24, 2.45) is 0 Å². The number of aromatic nitrogens is 1. The zero-order chi connectivity index (χ0) is 19.6. The van der Waals surface area contributed by atoms with Gasteiger partial charge in [0, 0.05) is 10.2 Å². The van der Waals surface area contributed by atoms with E-state index in [2.05, 4.69) is 15.9 Å². The Labute approximate surface area is 162 Å². The van der Waals surface area contributed by atoms with E-state index in [1.165, 1.54) is 22.8 Å². The summed E-state index contributed by atoms with van der Waals surface area (Å²) in [6.45, 7) is 0. The highest BCUT2D eigenvalue weighted by molar-refractivity contribution is 9.10. The minimum Gasteiger partial charge on any atom is -0.481 e. The van der Waals surface area contributed by atoms with Crippen LogP contribution in [-0.2, 0) is 17.4 Å². The highest BCUT2D eigenvalue weighted by Crippen LogP contribution is 2.37. The number of benzene rings is 2. The molecule has 0 saturated carbocycles. The maximum atomic E-state index is 13.6. The number of aryl methyl sites for hydroxylation is 1. The van der Waals surface area contributed by atoms with E-state index in [1.807, 2.05) is 0 Å². The van der Waals surface area contributed by atoms with Gasteiger partial charge >= 0.3 is 12.1 Å². The van der Waals surface area contributed by atoms with Gasteiger partial charge in [-0.15, -0.1) is 0 Å². The second-order valence-corrected chi connectivity index (χ2v) is 6.88. The number of hydrogen-bond donors (Lipinski definition) is 1. The predicted molar refractivity (Wildman–Crippen MR) is 99.9 cm³/mol. The summed E-state index contributed by atoms with van der Waals surface area (Å²) in [5.74, 6) is -1.00. The molecule has 0 bridgehead atoms. The van der Waals surface area contributed by atoms with Gasteiger partial charge in [-0.2, -0.15) is 13.2 Å². The van der Waals surface area contributed by atoms with E-state index in [9.17, 15) is 18.0 Å². The van der Waals surface area contributed by atoms with Gasteiger partial charge in [-0.05, 0) is 48.4 Å². The second kappa shape index (κ2) is 7.60. The number of aliphatic carboxylic acids is 1. The van der Waals surface area contributed by atoms with Crippen LogP contribution in [0.2, 0.25) is 0 Å². The average Bonchev–Trinajstić information content (AvgIpc) is 3.03. The lowest BCUT2D eigenvalue weighted by molar-refractivity contribution is -0.138. The van der Waals surface area contributed by atoms with E-state index in [0.29, 0.717) is 11.4 Å². The molecule has 0 aliphatic carbocycles. The second-order valence-electron chi connectivity index (χ2n) is 5.96. The maximum absolute atomic E-state index is 13.6. The Hall–Kier alpha value is -2.54. The van der Waals surface area contributed by atoms with Crippen LogP contribution in [0, 0.1) is 0 Å². The summed E-state index contributed by atoms with van der Waals surface area (Å²) in [5.41, 5.74) is 1.02. The van der Waals surface area contributed by atoms with Gasteiger partial charge in [0.15, 0.2) is 0 Å². The first-order chi connectivity index (χ1) is 12.8. The first kappa shape index (κ1) is 19.2. The molecule has 0 saturated heterocycles. The van der Waals surface area contributed by atoms with Crippen molar-refractivity contribution in [3.8, 4) is 16.9 Å². The molecule has 3 aromatic rings. The number of carboxylic acid groups (broad SMARTS) is 1. The number of para-hydroxylation sites is 1. The number of alkyl halides is 3. The Balaban J connectivity index is 2.21. The summed E-state index contributed by atoms with van der Waals surface area (Å²) < 4.78 is 43.0. The van der Waals surface area contributed by atoms with E-state index < -0.39 is 17.7 Å². The average molecular weight is 438 g/mol. The zero-order valence-electron chi connectivity index (χ0n) is 14.0. The van der Waals surface area contributed by atoms with Crippen LogP contribution >= 0.6 is 15.9 Å². The molecule has 0 radical (unpaired) electrons. The summed E-state index contributed by atoms with van der Waals surface area (Å²) >= 11 is 3.34. The fourth-order valence-electron chi connectivity index (χ4n) is 2.95. The lowest BCUT2D eigenvalue weighted by Crippen LogP contribution is -2.13. The molecule has 27 heavy (non-hydrogen) atoms. The molecule has 3 rings (SSSR count). The third-order valence-corrected chi connectivity index (χ3v) is 4.68. The first-order valence-electron chi connectivity index (χ1n) is 8.12. The number of carboxylic acids is 1. The number of halogens is 4. The van der Waals surface area contributed by atoms with Crippen LogP contribution in [0.4, 0.5) is 13.2 Å². The summed E-state index contributed by atoms with van der Waals surface area (Å²) in [4.78, 5) is 11.0. The molecule has 2 aromatic carbocycles. The molecule has 0 aliphatic rings. The van der Waals surface area contributed by atoms with E-state index in [-0.39, 0.29) is 18.5 Å². The summed E-state index contributed by atoms with van der Waals surface area (Å²) in [7, 11) is 0. The van der Waals surface area contributed by atoms with Gasteiger partial charge in [-0.3, -0.25) is 4.79 Å². The molecule has 1 N–H and O–H groups in total. The smallest absolute Gasteiger partial charge is 0.418 e. The van der Waals surface area contributed by atoms with Crippen LogP contribution in [-0.4, -0.2) is 15.6 Å². The third kappa shape index (κ3) is 4.24. The Kier molecular flexibility index (Phi) is 5.41. The van der Waals surface area contributed by atoms with Crippen molar-refractivity contribution in [3.05, 3.63) is 76.4 Å². The molecule has 0 unspecified atom stereocenters. The van der Waals surface area contributed by atoms with Crippen LogP contribution in [0.15, 0.2) is 65.1 Å². The van der Waals surface area contributed by atoms with E-state index >= 15 is 0 Å². The molecule has 1 heterocycles. The summed E-state index contributed by atoms with van der Waals surface area (Å²) in [6, 6.07) is 15.9. The Morgan fingerprint density at radius 2 is 1.67 bits per heavy atom. The molecule has 140 valence electrons. The third-order valence-electron chi connectivity index (χ3n) is 4.15. The molecule has 3 nitrogen and oxygen atoms in total. The summed E-state index contributed by atoms with van der Waals surface area (Å²) in [5, 5.41) is 8.98. The molecule has 7 heteroatoms. The highest BCUT2D eigenvalue weighted by atomic mass is 79.9. The van der Waals surface area contributed by atoms with Gasteiger partial charge in [0.25, 0.3) is 0 Å². The van der Waals surface area contributed by atoms with Gasteiger partial charge in [0.1, 0.15) is 0 Å². The van der Waals surface area contributed by atoms with Crippen molar-refractivity contribution in [3.63, 3.8) is 0 Å². The SMILES string of the molecule is O=C(O)CCc1ccc(-c2ccc(Br)cc2)n1-c1ccccc1C(F)(F)F. The lowest BCUT2D eigenvalue weighted by Gasteiger charge is -2.19. The Morgan fingerprint density at radius 1 is 1.00 bits per heavy atom. The lowest BCUT2D eigenvalue weighted by atomic mass is 10.1. The van der Waals surface area contributed by atoms with Crippen LogP contribution < -0.4 is 0 Å². The molecule has 0 aliphatic heterocycles. The van der Waals surface area contributed by atoms with Crippen LogP contribution in [0.3, 0.4) is 0 Å². The van der Waals surface area contributed by atoms with E-state index in [1.54, 1.807) is 36.4 Å². The Morgan fingerprint density at radius 3 is 2.30 bits per heavy atom. The largest absolute Gasteiger partial charge is 0.481 e. The fourth-order valence-corrected chi connectivity index (χ4v) is 3.21. The van der Waals surface area contributed by atoms with Crippen LogP contribution in [0.1, 0.15) is 17.7 Å². The van der Waals surface area contributed by atoms with Gasteiger partial charge in [0.05, 0.1) is 23.4 Å².